The monoisotopic (exact) mass is 439 g/mol. The smallest absolute Gasteiger partial charge is 0.261 e. The standard InChI is InChI=1S/C29H29NO3/c1-21-11-12-22(2)28(17-21)33-20-29(31)30(18-23-13-15-26(32-3)16-14-23)19-25-9-6-8-24-7-4-5-10-27(24)25/h4-17H,18-20H2,1-3H3. The van der Waals surface area contributed by atoms with Crippen LogP contribution in [-0.2, 0) is 17.9 Å². The molecule has 4 heteroatoms. The molecule has 0 spiro atoms. The lowest BCUT2D eigenvalue weighted by Gasteiger charge is -2.24. The Hall–Kier alpha value is -3.79. The van der Waals surface area contributed by atoms with E-state index < -0.39 is 0 Å². The van der Waals surface area contributed by atoms with Gasteiger partial charge in [0, 0.05) is 13.1 Å². The van der Waals surface area contributed by atoms with Crippen molar-refractivity contribution in [2.24, 2.45) is 0 Å². The minimum atomic E-state index is -0.0559. The molecule has 0 bridgehead atoms. The topological polar surface area (TPSA) is 38.8 Å². The highest BCUT2D eigenvalue weighted by molar-refractivity contribution is 5.86. The van der Waals surface area contributed by atoms with Gasteiger partial charge in [0.05, 0.1) is 7.11 Å². The molecule has 168 valence electrons. The summed E-state index contributed by atoms with van der Waals surface area (Å²) in [5.74, 6) is 1.49. The second-order valence-corrected chi connectivity index (χ2v) is 8.29. The first-order valence-electron chi connectivity index (χ1n) is 11.1. The number of hydrogen-bond acceptors (Lipinski definition) is 3. The maximum absolute atomic E-state index is 13.4. The van der Waals surface area contributed by atoms with Gasteiger partial charge in [-0.2, -0.15) is 0 Å². The molecule has 0 aliphatic carbocycles. The van der Waals surface area contributed by atoms with E-state index in [0.717, 1.165) is 39.1 Å². The summed E-state index contributed by atoms with van der Waals surface area (Å²) in [4.78, 5) is 15.2. The zero-order valence-electron chi connectivity index (χ0n) is 19.4. The molecule has 0 fully saturated rings. The number of methoxy groups -OCH3 is 1. The van der Waals surface area contributed by atoms with E-state index >= 15 is 0 Å². The first-order valence-corrected chi connectivity index (χ1v) is 11.1. The van der Waals surface area contributed by atoms with Gasteiger partial charge in [0.2, 0.25) is 0 Å². The average Bonchev–Trinajstić information content (AvgIpc) is 2.84. The lowest BCUT2D eigenvalue weighted by Crippen LogP contribution is -2.34. The van der Waals surface area contributed by atoms with Crippen LogP contribution in [0.15, 0.2) is 84.9 Å². The minimum Gasteiger partial charge on any atom is -0.497 e. The molecule has 0 aliphatic heterocycles. The van der Waals surface area contributed by atoms with Crippen LogP contribution in [0.4, 0.5) is 0 Å². The number of aryl methyl sites for hydroxylation is 2. The highest BCUT2D eigenvalue weighted by Crippen LogP contribution is 2.23. The van der Waals surface area contributed by atoms with Gasteiger partial charge in [0.1, 0.15) is 11.5 Å². The molecule has 0 saturated heterocycles. The highest BCUT2D eigenvalue weighted by Gasteiger charge is 2.17. The molecular weight excluding hydrogens is 410 g/mol. The van der Waals surface area contributed by atoms with Crippen LogP contribution < -0.4 is 9.47 Å². The van der Waals surface area contributed by atoms with Crippen LogP contribution in [0.25, 0.3) is 10.8 Å². The predicted molar refractivity (Wildman–Crippen MR) is 133 cm³/mol. The van der Waals surface area contributed by atoms with Crippen molar-refractivity contribution in [3.8, 4) is 11.5 Å². The average molecular weight is 440 g/mol. The van der Waals surface area contributed by atoms with Gasteiger partial charge in [0.15, 0.2) is 6.61 Å². The number of rotatable bonds is 8. The molecule has 4 nitrogen and oxygen atoms in total. The Labute approximate surface area is 195 Å². The molecule has 1 amide bonds. The maximum Gasteiger partial charge on any atom is 0.261 e. The van der Waals surface area contributed by atoms with Crippen molar-refractivity contribution in [2.45, 2.75) is 26.9 Å². The Bertz CT molecular complexity index is 1240. The van der Waals surface area contributed by atoms with Crippen molar-refractivity contribution in [1.82, 2.24) is 4.90 Å². The summed E-state index contributed by atoms with van der Waals surface area (Å²) in [7, 11) is 1.65. The fraction of sp³-hybridized carbons (Fsp3) is 0.207. The van der Waals surface area contributed by atoms with Crippen LogP contribution in [0, 0.1) is 13.8 Å². The molecule has 0 N–H and O–H groups in total. The summed E-state index contributed by atoms with van der Waals surface area (Å²) >= 11 is 0. The third-order valence-corrected chi connectivity index (χ3v) is 5.82. The Morgan fingerprint density at radius 1 is 0.848 bits per heavy atom. The van der Waals surface area contributed by atoms with E-state index in [9.17, 15) is 4.79 Å². The molecule has 4 aromatic carbocycles. The number of carbonyl (C=O) groups excluding carboxylic acids is 1. The van der Waals surface area contributed by atoms with Crippen molar-refractivity contribution in [2.75, 3.05) is 13.7 Å². The summed E-state index contributed by atoms with van der Waals surface area (Å²) in [6, 6.07) is 28.3. The molecule has 0 unspecified atom stereocenters. The molecule has 0 saturated carbocycles. The van der Waals surface area contributed by atoms with E-state index in [1.165, 1.54) is 5.39 Å². The Kier molecular flexibility index (Phi) is 6.94. The molecule has 0 aliphatic rings. The maximum atomic E-state index is 13.4. The molecule has 0 heterocycles. The number of fused-ring (bicyclic) bond motifs is 1. The van der Waals surface area contributed by atoms with Crippen LogP contribution >= 0.6 is 0 Å². The summed E-state index contributed by atoms with van der Waals surface area (Å²) < 4.78 is 11.2. The van der Waals surface area contributed by atoms with Crippen molar-refractivity contribution in [3.05, 3.63) is 107 Å². The lowest BCUT2D eigenvalue weighted by molar-refractivity contribution is -0.134. The van der Waals surface area contributed by atoms with Crippen LogP contribution in [0.1, 0.15) is 22.3 Å². The van der Waals surface area contributed by atoms with Crippen LogP contribution in [0.3, 0.4) is 0 Å². The molecule has 0 radical (unpaired) electrons. The number of hydrogen-bond donors (Lipinski definition) is 0. The molecule has 4 aromatic rings. The number of nitrogens with zero attached hydrogens (tertiary/aromatic N) is 1. The number of ether oxygens (including phenoxy) is 2. The molecule has 0 aromatic heterocycles. The Morgan fingerprint density at radius 2 is 1.61 bits per heavy atom. The number of amides is 1. The normalized spacial score (nSPS) is 10.8. The van der Waals surface area contributed by atoms with E-state index in [-0.39, 0.29) is 12.5 Å². The quantitative estimate of drug-likeness (QED) is 0.334. The van der Waals surface area contributed by atoms with Crippen molar-refractivity contribution >= 4 is 16.7 Å². The van der Waals surface area contributed by atoms with E-state index in [4.69, 9.17) is 9.47 Å². The number of benzene rings is 4. The van der Waals surface area contributed by atoms with Gasteiger partial charge in [-0.05, 0) is 65.1 Å². The fourth-order valence-corrected chi connectivity index (χ4v) is 3.91. The predicted octanol–water partition coefficient (Wildman–Crippen LogP) is 6.07. The van der Waals surface area contributed by atoms with Crippen LogP contribution in [0.5, 0.6) is 11.5 Å². The number of carbonyl (C=O) groups is 1. The zero-order valence-corrected chi connectivity index (χ0v) is 19.4. The van der Waals surface area contributed by atoms with Gasteiger partial charge >= 0.3 is 0 Å². The van der Waals surface area contributed by atoms with Crippen LogP contribution in [-0.4, -0.2) is 24.5 Å². The van der Waals surface area contributed by atoms with Gasteiger partial charge in [0.25, 0.3) is 5.91 Å². The zero-order chi connectivity index (χ0) is 23.2. The van der Waals surface area contributed by atoms with E-state index in [2.05, 4.69) is 24.3 Å². The molecular formula is C29H29NO3. The van der Waals surface area contributed by atoms with Gasteiger partial charge in [-0.3, -0.25) is 4.79 Å². The second kappa shape index (κ2) is 10.2. The van der Waals surface area contributed by atoms with Gasteiger partial charge in [-0.25, -0.2) is 0 Å². The summed E-state index contributed by atoms with van der Waals surface area (Å²) in [5, 5.41) is 2.32. The molecule has 0 atom stereocenters. The minimum absolute atomic E-state index is 0.00872. The first kappa shape index (κ1) is 22.4. The van der Waals surface area contributed by atoms with Crippen molar-refractivity contribution in [1.29, 1.82) is 0 Å². The van der Waals surface area contributed by atoms with E-state index in [1.807, 2.05) is 79.4 Å². The summed E-state index contributed by atoms with van der Waals surface area (Å²) in [6.45, 7) is 4.99. The Balaban J connectivity index is 1.58. The van der Waals surface area contributed by atoms with E-state index in [0.29, 0.717) is 13.1 Å². The second-order valence-electron chi connectivity index (χ2n) is 8.29. The highest BCUT2D eigenvalue weighted by atomic mass is 16.5. The van der Waals surface area contributed by atoms with Gasteiger partial charge < -0.3 is 14.4 Å². The van der Waals surface area contributed by atoms with Crippen molar-refractivity contribution in [3.63, 3.8) is 0 Å². The molecule has 4 rings (SSSR count). The fourth-order valence-electron chi connectivity index (χ4n) is 3.91. The largest absolute Gasteiger partial charge is 0.497 e. The SMILES string of the molecule is COc1ccc(CN(Cc2cccc3ccccc23)C(=O)COc2cc(C)ccc2C)cc1. The molecule has 33 heavy (non-hydrogen) atoms. The summed E-state index contributed by atoms with van der Waals surface area (Å²) in [5.41, 5.74) is 4.27. The third kappa shape index (κ3) is 5.53. The van der Waals surface area contributed by atoms with E-state index in [1.54, 1.807) is 7.11 Å². The third-order valence-electron chi connectivity index (χ3n) is 5.82. The lowest BCUT2D eigenvalue weighted by atomic mass is 10.0. The first-order chi connectivity index (χ1) is 16.0. The van der Waals surface area contributed by atoms with Gasteiger partial charge in [-0.15, -0.1) is 0 Å². The van der Waals surface area contributed by atoms with Gasteiger partial charge in [-0.1, -0.05) is 66.7 Å². The Morgan fingerprint density at radius 3 is 2.39 bits per heavy atom. The summed E-state index contributed by atoms with van der Waals surface area (Å²) in [6.07, 6.45) is 0. The van der Waals surface area contributed by atoms with Crippen molar-refractivity contribution < 1.29 is 14.3 Å². The van der Waals surface area contributed by atoms with Crippen LogP contribution in [0.2, 0.25) is 0 Å².